The van der Waals surface area contributed by atoms with Crippen molar-refractivity contribution in [2.45, 2.75) is 32.5 Å². The van der Waals surface area contributed by atoms with E-state index in [9.17, 15) is 9.90 Å². The molecule has 10 nitrogen and oxygen atoms in total. The van der Waals surface area contributed by atoms with Crippen LogP contribution in [0.1, 0.15) is 18.7 Å². The van der Waals surface area contributed by atoms with E-state index in [4.69, 9.17) is 20.4 Å². The smallest absolute Gasteiger partial charge is 0.251 e. The van der Waals surface area contributed by atoms with Gasteiger partial charge in [-0.1, -0.05) is 0 Å². The van der Waals surface area contributed by atoms with Gasteiger partial charge < -0.3 is 25.4 Å². The minimum Gasteiger partial charge on any atom is -0.384 e. The first kappa shape index (κ1) is 23.9. The predicted molar refractivity (Wildman–Crippen MR) is 136 cm³/mol. The molecule has 0 aromatic carbocycles. The van der Waals surface area contributed by atoms with Gasteiger partial charge in [-0.2, -0.15) is 0 Å². The second-order valence-electron chi connectivity index (χ2n) is 9.15. The van der Waals surface area contributed by atoms with Crippen molar-refractivity contribution < 1.29 is 14.6 Å². The van der Waals surface area contributed by atoms with E-state index in [-0.39, 0.29) is 11.9 Å². The molecule has 2 aliphatic heterocycles. The lowest BCUT2D eigenvalue weighted by Gasteiger charge is -2.40. The number of piperazine rings is 1. The van der Waals surface area contributed by atoms with Crippen molar-refractivity contribution in [3.05, 3.63) is 29.3 Å². The molecule has 2 aliphatic rings. The van der Waals surface area contributed by atoms with E-state index < -0.39 is 6.10 Å². The Balaban J connectivity index is 1.43. The number of hydrogen-bond donors (Lipinski definition) is 2. The monoisotopic (exact) mass is 497 g/mol. The van der Waals surface area contributed by atoms with Gasteiger partial charge in [0.15, 0.2) is 11.6 Å². The highest BCUT2D eigenvalue weighted by Crippen LogP contribution is 2.35. The summed E-state index contributed by atoms with van der Waals surface area (Å²) in [5.41, 5.74) is 7.52. The molecule has 0 aliphatic carbocycles. The maximum atomic E-state index is 12.2. The standard InChI is InChI=1S/C24H31N7O3S/c1-15-13-31(24(33)16(2)32)6-5-30(15)14-18-11-19-21(35-18)23(29-7-9-34-10-8-29)28-22(27-19)17-3-4-20(25)26-12-17/h3-4,11-12,15-16,32H,5-10,13-14H2,1-2H3,(H2,25,26). The molecular formula is C24H31N7O3S. The third-order valence-electron chi connectivity index (χ3n) is 6.55. The summed E-state index contributed by atoms with van der Waals surface area (Å²) in [7, 11) is 0. The Morgan fingerprint density at radius 1 is 1.26 bits per heavy atom. The van der Waals surface area contributed by atoms with Gasteiger partial charge in [0.25, 0.3) is 5.91 Å². The summed E-state index contributed by atoms with van der Waals surface area (Å²) < 4.78 is 6.64. The Kier molecular flexibility index (Phi) is 6.83. The summed E-state index contributed by atoms with van der Waals surface area (Å²) in [6.07, 6.45) is 0.752. The van der Waals surface area contributed by atoms with Crippen LogP contribution >= 0.6 is 11.3 Å². The third-order valence-corrected chi connectivity index (χ3v) is 7.66. The second-order valence-corrected chi connectivity index (χ2v) is 10.3. The van der Waals surface area contributed by atoms with Gasteiger partial charge in [0, 0.05) is 61.9 Å². The zero-order valence-corrected chi connectivity index (χ0v) is 20.9. The molecule has 3 N–H and O–H groups in total. The number of nitrogens with two attached hydrogens (primary N) is 1. The van der Waals surface area contributed by atoms with Gasteiger partial charge in [-0.25, -0.2) is 15.0 Å². The van der Waals surface area contributed by atoms with Gasteiger partial charge in [0.1, 0.15) is 11.9 Å². The van der Waals surface area contributed by atoms with E-state index in [1.807, 2.05) is 6.07 Å². The summed E-state index contributed by atoms with van der Waals surface area (Å²) in [6, 6.07) is 6.01. The summed E-state index contributed by atoms with van der Waals surface area (Å²) in [6.45, 7) is 9.35. The number of amides is 1. The normalized spacial score (nSPS) is 20.4. The molecule has 3 aromatic heterocycles. The number of aliphatic hydroxyl groups excluding tert-OH is 1. The first-order chi connectivity index (χ1) is 16.9. The molecule has 186 valence electrons. The average Bonchev–Trinajstić information content (AvgIpc) is 3.27. The minimum atomic E-state index is -0.959. The molecule has 2 unspecified atom stereocenters. The maximum Gasteiger partial charge on any atom is 0.251 e. The van der Waals surface area contributed by atoms with Crippen LogP contribution in [0, 0.1) is 0 Å². The van der Waals surface area contributed by atoms with E-state index in [1.165, 1.54) is 11.8 Å². The number of nitrogen functional groups attached to an aromatic ring is 1. The fourth-order valence-electron chi connectivity index (χ4n) is 4.59. The van der Waals surface area contributed by atoms with E-state index in [0.29, 0.717) is 37.9 Å². The van der Waals surface area contributed by atoms with Crippen LogP contribution in [0.15, 0.2) is 24.4 Å². The van der Waals surface area contributed by atoms with Crippen molar-refractivity contribution in [3.8, 4) is 11.4 Å². The molecule has 3 aromatic rings. The second kappa shape index (κ2) is 10.0. The van der Waals surface area contributed by atoms with Crippen molar-refractivity contribution >= 4 is 39.1 Å². The van der Waals surface area contributed by atoms with Gasteiger partial charge in [0.05, 0.1) is 23.4 Å². The van der Waals surface area contributed by atoms with Gasteiger partial charge in [-0.05, 0) is 32.0 Å². The van der Waals surface area contributed by atoms with Crippen LogP contribution in [0.25, 0.3) is 21.6 Å². The molecule has 5 heterocycles. The molecule has 2 saturated heterocycles. The zero-order valence-electron chi connectivity index (χ0n) is 20.1. The van der Waals surface area contributed by atoms with E-state index in [2.05, 4.69) is 27.8 Å². The number of aliphatic hydroxyl groups is 1. The molecule has 0 bridgehead atoms. The highest BCUT2D eigenvalue weighted by atomic mass is 32.1. The predicted octanol–water partition coefficient (Wildman–Crippen LogP) is 1.59. The maximum absolute atomic E-state index is 12.2. The number of carbonyl (C=O) groups excluding carboxylic acids is 1. The van der Waals surface area contributed by atoms with Crippen molar-refractivity contribution in [1.29, 1.82) is 0 Å². The summed E-state index contributed by atoms with van der Waals surface area (Å²) in [4.78, 5) is 33.9. The first-order valence-corrected chi connectivity index (χ1v) is 12.8. The highest BCUT2D eigenvalue weighted by molar-refractivity contribution is 7.19. The number of ether oxygens (including phenoxy) is 1. The Morgan fingerprint density at radius 3 is 2.74 bits per heavy atom. The number of thiophene rings is 1. The van der Waals surface area contributed by atoms with E-state index >= 15 is 0 Å². The SMILES string of the molecule is CC(O)C(=O)N1CCN(Cc2cc3nc(-c4ccc(N)nc4)nc(N4CCOCC4)c3s2)C(C)C1. The number of anilines is 2. The van der Waals surface area contributed by atoms with Crippen LogP contribution in [0.4, 0.5) is 11.6 Å². The molecule has 11 heteroatoms. The number of pyridine rings is 1. The van der Waals surface area contributed by atoms with Crippen molar-refractivity contribution in [2.75, 3.05) is 56.6 Å². The number of fused-ring (bicyclic) bond motifs is 1. The molecule has 2 fully saturated rings. The van der Waals surface area contributed by atoms with Gasteiger partial charge in [-0.15, -0.1) is 11.3 Å². The van der Waals surface area contributed by atoms with E-state index in [1.54, 1.807) is 28.5 Å². The Hall–Kier alpha value is -2.86. The summed E-state index contributed by atoms with van der Waals surface area (Å²) >= 11 is 1.73. The lowest BCUT2D eigenvalue weighted by Crippen LogP contribution is -2.54. The Labute approximate surface area is 208 Å². The number of aromatic nitrogens is 3. The zero-order chi connectivity index (χ0) is 24.5. The molecule has 0 saturated carbocycles. The molecular weight excluding hydrogens is 466 g/mol. The number of hydrogen-bond acceptors (Lipinski definition) is 10. The molecule has 0 spiro atoms. The average molecular weight is 498 g/mol. The van der Waals surface area contributed by atoms with Crippen molar-refractivity contribution in [3.63, 3.8) is 0 Å². The molecule has 5 rings (SSSR count). The van der Waals surface area contributed by atoms with Crippen LogP contribution < -0.4 is 10.6 Å². The fraction of sp³-hybridized carbons (Fsp3) is 0.500. The molecule has 2 atom stereocenters. The molecule has 1 amide bonds. The lowest BCUT2D eigenvalue weighted by atomic mass is 10.1. The summed E-state index contributed by atoms with van der Waals surface area (Å²) in [5.74, 6) is 1.83. The quantitative estimate of drug-likeness (QED) is 0.541. The van der Waals surface area contributed by atoms with Crippen LogP contribution in [-0.2, 0) is 16.1 Å². The minimum absolute atomic E-state index is 0.192. The Bertz CT molecular complexity index is 1190. The topological polar surface area (TPSA) is 121 Å². The summed E-state index contributed by atoms with van der Waals surface area (Å²) in [5, 5.41) is 9.65. The van der Waals surface area contributed by atoms with Crippen LogP contribution in [0.5, 0.6) is 0 Å². The van der Waals surface area contributed by atoms with Crippen LogP contribution in [-0.4, -0.2) is 93.8 Å². The molecule has 0 radical (unpaired) electrons. The third kappa shape index (κ3) is 5.08. The number of rotatable bonds is 5. The lowest BCUT2D eigenvalue weighted by molar-refractivity contribution is -0.142. The van der Waals surface area contributed by atoms with Gasteiger partial charge >= 0.3 is 0 Å². The number of nitrogens with zero attached hydrogens (tertiary/aromatic N) is 6. The largest absolute Gasteiger partial charge is 0.384 e. The van der Waals surface area contributed by atoms with Crippen molar-refractivity contribution in [2.24, 2.45) is 0 Å². The van der Waals surface area contributed by atoms with Gasteiger partial charge in [-0.3, -0.25) is 9.69 Å². The number of morpholine rings is 1. The van der Waals surface area contributed by atoms with E-state index in [0.717, 1.165) is 47.8 Å². The Morgan fingerprint density at radius 2 is 2.06 bits per heavy atom. The van der Waals surface area contributed by atoms with Gasteiger partial charge in [0.2, 0.25) is 0 Å². The van der Waals surface area contributed by atoms with Crippen LogP contribution in [0.3, 0.4) is 0 Å². The van der Waals surface area contributed by atoms with Crippen LogP contribution in [0.2, 0.25) is 0 Å². The fourth-order valence-corrected chi connectivity index (χ4v) is 5.73. The number of carbonyl (C=O) groups is 1. The first-order valence-electron chi connectivity index (χ1n) is 11.9. The molecule has 35 heavy (non-hydrogen) atoms. The highest BCUT2D eigenvalue weighted by Gasteiger charge is 2.29. The van der Waals surface area contributed by atoms with Crippen molar-refractivity contribution in [1.82, 2.24) is 24.8 Å².